The van der Waals surface area contributed by atoms with Gasteiger partial charge >= 0.3 is 12.0 Å². The molecular formula is C25H24ClN5O4. The largest absolute Gasteiger partial charge is 0.481 e. The van der Waals surface area contributed by atoms with Crippen molar-refractivity contribution < 1.29 is 19.5 Å². The van der Waals surface area contributed by atoms with E-state index in [1.165, 1.54) is 6.20 Å². The Hall–Kier alpha value is -4.11. The van der Waals surface area contributed by atoms with Crippen LogP contribution in [-0.2, 0) is 4.79 Å². The molecule has 0 aliphatic heterocycles. The van der Waals surface area contributed by atoms with Gasteiger partial charge in [0.2, 0.25) is 0 Å². The first-order valence-corrected chi connectivity index (χ1v) is 11.4. The van der Waals surface area contributed by atoms with Crippen molar-refractivity contribution in [2.24, 2.45) is 5.92 Å². The Morgan fingerprint density at radius 3 is 2.34 bits per heavy atom. The van der Waals surface area contributed by atoms with Crippen LogP contribution in [0.4, 0.5) is 27.7 Å². The summed E-state index contributed by atoms with van der Waals surface area (Å²) in [6.45, 7) is 2.26. The summed E-state index contributed by atoms with van der Waals surface area (Å²) in [4.78, 5) is 40.3. The summed E-state index contributed by atoms with van der Waals surface area (Å²) in [7, 11) is 0. The van der Waals surface area contributed by atoms with E-state index in [1.54, 1.807) is 49.4 Å². The number of nitrogens with one attached hydrogen (secondary N) is 4. The van der Waals surface area contributed by atoms with Crippen LogP contribution in [0.3, 0.4) is 0 Å². The number of nitrogens with zero attached hydrogens (tertiary/aromatic N) is 1. The number of hydrogen-bond donors (Lipinski definition) is 5. The van der Waals surface area contributed by atoms with Gasteiger partial charge in [0, 0.05) is 35.2 Å². The number of amides is 3. The van der Waals surface area contributed by atoms with Crippen LogP contribution in [0.15, 0.2) is 60.8 Å². The molecule has 9 nitrogen and oxygen atoms in total. The molecule has 2 atom stereocenters. The summed E-state index contributed by atoms with van der Waals surface area (Å²) < 4.78 is 0. The van der Waals surface area contributed by atoms with E-state index in [1.807, 2.05) is 12.1 Å². The molecule has 10 heteroatoms. The van der Waals surface area contributed by atoms with Crippen molar-refractivity contribution in [2.45, 2.75) is 19.3 Å². The maximum absolute atomic E-state index is 13.1. The van der Waals surface area contributed by atoms with E-state index in [2.05, 4.69) is 26.3 Å². The van der Waals surface area contributed by atoms with Crippen molar-refractivity contribution in [2.75, 3.05) is 22.5 Å². The molecule has 0 bridgehead atoms. The van der Waals surface area contributed by atoms with Gasteiger partial charge in [0.1, 0.15) is 5.82 Å². The summed E-state index contributed by atoms with van der Waals surface area (Å²) in [6.07, 6.45) is 2.01. The average Bonchev–Trinajstić information content (AvgIpc) is 3.63. The van der Waals surface area contributed by atoms with Crippen molar-refractivity contribution in [3.63, 3.8) is 0 Å². The number of aliphatic carboxylic acids is 1. The third-order valence-corrected chi connectivity index (χ3v) is 5.81. The first-order chi connectivity index (χ1) is 16.8. The third kappa shape index (κ3) is 6.07. The van der Waals surface area contributed by atoms with E-state index in [0.29, 0.717) is 35.1 Å². The molecule has 1 fully saturated rings. The van der Waals surface area contributed by atoms with Crippen LogP contribution in [0.25, 0.3) is 0 Å². The Kier molecular flexibility index (Phi) is 7.17. The monoisotopic (exact) mass is 493 g/mol. The van der Waals surface area contributed by atoms with Gasteiger partial charge in [-0.2, -0.15) is 0 Å². The summed E-state index contributed by atoms with van der Waals surface area (Å²) in [5.41, 5.74) is 2.89. The number of halogens is 1. The molecule has 4 rings (SSSR count). The highest BCUT2D eigenvalue weighted by Crippen LogP contribution is 2.47. The maximum atomic E-state index is 13.1. The number of aromatic nitrogens is 1. The fourth-order valence-corrected chi connectivity index (χ4v) is 3.79. The van der Waals surface area contributed by atoms with E-state index >= 15 is 0 Å². The van der Waals surface area contributed by atoms with E-state index in [4.69, 9.17) is 16.7 Å². The molecular weight excluding hydrogens is 470 g/mol. The molecule has 0 radical (unpaired) electrons. The Balaban J connectivity index is 1.53. The van der Waals surface area contributed by atoms with Crippen molar-refractivity contribution in [3.05, 3.63) is 76.9 Å². The maximum Gasteiger partial charge on any atom is 0.320 e. The smallest absolute Gasteiger partial charge is 0.320 e. The van der Waals surface area contributed by atoms with E-state index in [9.17, 15) is 14.4 Å². The van der Waals surface area contributed by atoms with Crippen LogP contribution >= 0.6 is 11.6 Å². The van der Waals surface area contributed by atoms with E-state index < -0.39 is 17.9 Å². The molecule has 35 heavy (non-hydrogen) atoms. The van der Waals surface area contributed by atoms with Crippen LogP contribution < -0.4 is 21.3 Å². The molecule has 3 aromatic rings. The molecule has 5 N–H and O–H groups in total. The number of carbonyl (C=O) groups is 3. The van der Waals surface area contributed by atoms with Gasteiger partial charge in [-0.25, -0.2) is 9.78 Å². The summed E-state index contributed by atoms with van der Waals surface area (Å²) in [6, 6.07) is 15.3. The Bertz CT molecular complexity index is 1250. The number of carboxylic acid groups (broad SMARTS) is 1. The molecule has 1 aromatic heterocycles. The predicted molar refractivity (Wildman–Crippen MR) is 135 cm³/mol. The molecule has 3 amide bonds. The predicted octanol–water partition coefficient (Wildman–Crippen LogP) is 5.06. The standard InChI is InChI=1S/C25H24ClN5O4/c1-2-27-25(35)31-22-12-21(29-16-9-5-15(26)6-10-16)20(13-28-22)23(32)30-17-7-3-14(4-8-17)18-11-19(18)24(33)34/h3-10,12-13,18-19H,2,11H2,1H3,(H,30,32)(H,33,34)(H3,27,28,29,31,35)/t18-,19+/m0/s1. The Morgan fingerprint density at radius 2 is 1.71 bits per heavy atom. The first-order valence-electron chi connectivity index (χ1n) is 11.1. The lowest BCUT2D eigenvalue weighted by Crippen LogP contribution is -2.28. The first kappa shape index (κ1) is 24.0. The zero-order valence-electron chi connectivity index (χ0n) is 18.8. The van der Waals surface area contributed by atoms with Gasteiger partial charge in [-0.15, -0.1) is 0 Å². The number of carboxylic acids is 1. The van der Waals surface area contributed by atoms with Gasteiger partial charge in [0.15, 0.2) is 0 Å². The van der Waals surface area contributed by atoms with Gasteiger partial charge in [-0.05, 0) is 61.2 Å². The average molecular weight is 494 g/mol. The van der Waals surface area contributed by atoms with E-state index in [-0.39, 0.29) is 23.2 Å². The van der Waals surface area contributed by atoms with Crippen LogP contribution in [0.1, 0.15) is 35.2 Å². The molecule has 0 saturated heterocycles. The topological polar surface area (TPSA) is 132 Å². The normalized spacial score (nSPS) is 16.2. The van der Waals surface area contributed by atoms with Crippen LogP contribution in [0, 0.1) is 5.92 Å². The van der Waals surface area contributed by atoms with Crippen LogP contribution in [0.5, 0.6) is 0 Å². The quantitative estimate of drug-likeness (QED) is 0.298. The molecule has 1 aliphatic rings. The van der Waals surface area contributed by atoms with Crippen molar-refractivity contribution in [1.82, 2.24) is 10.3 Å². The van der Waals surface area contributed by atoms with Gasteiger partial charge in [0.25, 0.3) is 5.91 Å². The fourth-order valence-electron chi connectivity index (χ4n) is 3.67. The molecule has 1 saturated carbocycles. The minimum absolute atomic E-state index is 0.0154. The van der Waals surface area contributed by atoms with Crippen LogP contribution in [-0.4, -0.2) is 34.5 Å². The lowest BCUT2D eigenvalue weighted by Gasteiger charge is -2.14. The highest BCUT2D eigenvalue weighted by molar-refractivity contribution is 6.30. The SMILES string of the molecule is CCNC(=O)Nc1cc(Nc2ccc(Cl)cc2)c(C(=O)Nc2ccc([C@@H]3C[C@H]3C(=O)O)cc2)cn1. The lowest BCUT2D eigenvalue weighted by atomic mass is 10.1. The molecule has 0 spiro atoms. The number of rotatable bonds is 8. The molecule has 180 valence electrons. The number of benzene rings is 2. The van der Waals surface area contributed by atoms with E-state index in [0.717, 1.165) is 5.56 Å². The van der Waals surface area contributed by atoms with Gasteiger partial charge < -0.3 is 21.1 Å². The number of carbonyl (C=O) groups excluding carboxylic acids is 2. The van der Waals surface area contributed by atoms with Crippen molar-refractivity contribution >= 4 is 52.4 Å². The van der Waals surface area contributed by atoms with Crippen molar-refractivity contribution in [3.8, 4) is 0 Å². The second-order valence-corrected chi connectivity index (χ2v) is 8.53. The van der Waals surface area contributed by atoms with Gasteiger partial charge in [-0.1, -0.05) is 23.7 Å². The highest BCUT2D eigenvalue weighted by Gasteiger charge is 2.44. The minimum atomic E-state index is -0.786. The third-order valence-electron chi connectivity index (χ3n) is 5.56. The van der Waals surface area contributed by atoms with Gasteiger partial charge in [-0.3, -0.25) is 14.9 Å². The second kappa shape index (κ2) is 10.4. The molecule has 0 unspecified atom stereocenters. The summed E-state index contributed by atoms with van der Waals surface area (Å²) in [5, 5.41) is 21.0. The number of pyridine rings is 1. The van der Waals surface area contributed by atoms with Gasteiger partial charge in [0.05, 0.1) is 17.2 Å². The molecule has 2 aromatic carbocycles. The number of hydrogen-bond acceptors (Lipinski definition) is 5. The van der Waals surface area contributed by atoms with Crippen molar-refractivity contribution in [1.29, 1.82) is 0 Å². The molecule has 1 heterocycles. The lowest BCUT2D eigenvalue weighted by molar-refractivity contribution is -0.138. The Labute approximate surface area is 206 Å². The number of anilines is 4. The fraction of sp³-hybridized carbons (Fsp3) is 0.200. The zero-order valence-corrected chi connectivity index (χ0v) is 19.6. The summed E-state index contributed by atoms with van der Waals surface area (Å²) in [5.74, 6) is -1.24. The number of urea groups is 1. The zero-order chi connectivity index (χ0) is 24.9. The second-order valence-electron chi connectivity index (χ2n) is 8.09. The minimum Gasteiger partial charge on any atom is -0.481 e. The highest BCUT2D eigenvalue weighted by atomic mass is 35.5. The Morgan fingerprint density at radius 1 is 1.03 bits per heavy atom. The van der Waals surface area contributed by atoms with Crippen LogP contribution in [0.2, 0.25) is 5.02 Å². The molecule has 1 aliphatic carbocycles. The summed E-state index contributed by atoms with van der Waals surface area (Å²) >= 11 is 5.97.